The van der Waals surface area contributed by atoms with Crippen LogP contribution in [0.25, 0.3) is 0 Å². The summed E-state index contributed by atoms with van der Waals surface area (Å²) >= 11 is 21.0. The van der Waals surface area contributed by atoms with E-state index in [2.05, 4.69) is 13.8 Å². The number of fused-ring (bicyclic) bond motifs is 5. The van der Waals surface area contributed by atoms with Gasteiger partial charge in [0.1, 0.15) is 0 Å². The van der Waals surface area contributed by atoms with Crippen LogP contribution in [0.4, 0.5) is 0 Å². The largest absolute Gasteiger partial charge is 0.450 e. The highest BCUT2D eigenvalue weighted by molar-refractivity contribution is 6.34. The maximum atomic E-state index is 13.6. The van der Waals surface area contributed by atoms with Crippen molar-refractivity contribution in [2.24, 2.45) is 28.6 Å². The quantitative estimate of drug-likeness (QED) is 0.285. The van der Waals surface area contributed by atoms with Gasteiger partial charge < -0.3 is 4.74 Å². The highest BCUT2D eigenvalue weighted by Crippen LogP contribution is 2.73. The lowest BCUT2D eigenvalue weighted by molar-refractivity contribution is -0.193. The van der Waals surface area contributed by atoms with Gasteiger partial charge in [-0.3, -0.25) is 14.4 Å². The number of alkyl halides is 3. The van der Waals surface area contributed by atoms with Crippen molar-refractivity contribution in [2.75, 3.05) is 5.88 Å². The van der Waals surface area contributed by atoms with Crippen molar-refractivity contribution >= 4 is 52.3 Å². The molecule has 0 unspecified atom stereocenters. The van der Waals surface area contributed by atoms with E-state index in [-0.39, 0.29) is 53.0 Å². The molecule has 3 fully saturated rings. The van der Waals surface area contributed by atoms with Crippen molar-refractivity contribution in [2.45, 2.75) is 101 Å². The fourth-order valence-corrected chi connectivity index (χ4v) is 9.82. The lowest BCUT2D eigenvalue weighted by Crippen LogP contribution is -2.68. The average molecular weight is 532 g/mol. The zero-order valence-electron chi connectivity index (χ0n) is 20.7. The molecule has 0 spiro atoms. The number of ether oxygens (including phenoxy) is 1. The van der Waals surface area contributed by atoms with E-state index < -0.39 is 21.3 Å². The van der Waals surface area contributed by atoms with E-state index in [9.17, 15) is 14.4 Å². The van der Waals surface area contributed by atoms with E-state index in [1.807, 2.05) is 13.8 Å². The summed E-state index contributed by atoms with van der Waals surface area (Å²) in [4.78, 5) is 38.0. The molecule has 0 aromatic carbocycles. The number of esters is 1. The second kappa shape index (κ2) is 9.06. The molecule has 3 saturated carbocycles. The Kier molecular flexibility index (Phi) is 7.06. The third-order valence-electron chi connectivity index (χ3n) is 10.1. The molecule has 0 amide bonds. The van der Waals surface area contributed by atoms with E-state index >= 15 is 0 Å². The fourth-order valence-electron chi connectivity index (χ4n) is 8.34. The molecular weight excluding hydrogens is 495 g/mol. The molecule has 0 radical (unpaired) electrons. The number of ketones is 2. The van der Waals surface area contributed by atoms with Gasteiger partial charge in [0, 0.05) is 29.6 Å². The van der Waals surface area contributed by atoms with Crippen LogP contribution in [-0.4, -0.2) is 39.3 Å². The van der Waals surface area contributed by atoms with Gasteiger partial charge in [0.15, 0.2) is 17.2 Å². The molecule has 0 aromatic heterocycles. The smallest absolute Gasteiger partial charge is 0.306 e. The van der Waals surface area contributed by atoms with Gasteiger partial charge in [0.2, 0.25) is 0 Å². The number of rotatable bonds is 6. The molecule has 34 heavy (non-hydrogen) atoms. The number of hydrogen-bond acceptors (Lipinski definition) is 4. The van der Waals surface area contributed by atoms with Crippen LogP contribution >= 0.6 is 34.8 Å². The summed E-state index contributed by atoms with van der Waals surface area (Å²) in [5.74, 6) is -0.671. The molecular formula is C27H37Cl3O4. The van der Waals surface area contributed by atoms with Crippen LogP contribution in [0.15, 0.2) is 11.6 Å². The SMILES string of the molecule is CCCCC(=O)O[C@@]1(C(=O)CCl)[C@H](C)C[C@H]2[C@@H]3CCC4=CC(=O)CC[C@]4(C)[C@@]3(Cl)[C@@H](Cl)C[C@@]21C. The topological polar surface area (TPSA) is 60.4 Å². The third-order valence-corrected chi connectivity index (χ3v) is 11.9. The van der Waals surface area contributed by atoms with E-state index in [1.54, 1.807) is 6.08 Å². The minimum Gasteiger partial charge on any atom is -0.450 e. The first-order chi connectivity index (χ1) is 15.9. The summed E-state index contributed by atoms with van der Waals surface area (Å²) in [7, 11) is 0. The highest BCUT2D eigenvalue weighted by Gasteiger charge is 2.76. The van der Waals surface area contributed by atoms with Crippen molar-refractivity contribution in [3.63, 3.8) is 0 Å². The van der Waals surface area contributed by atoms with Crippen molar-refractivity contribution in [1.82, 2.24) is 0 Å². The number of hydrogen-bond donors (Lipinski definition) is 0. The second-order valence-corrected chi connectivity index (χ2v) is 13.0. The van der Waals surface area contributed by atoms with Gasteiger partial charge in [0.25, 0.3) is 0 Å². The van der Waals surface area contributed by atoms with Gasteiger partial charge in [-0.25, -0.2) is 0 Å². The molecule has 4 aliphatic carbocycles. The molecule has 4 nitrogen and oxygen atoms in total. The molecule has 0 N–H and O–H groups in total. The molecule has 4 rings (SSSR count). The zero-order valence-corrected chi connectivity index (χ0v) is 23.0. The zero-order chi connectivity index (χ0) is 25.1. The number of carbonyl (C=O) groups excluding carboxylic acids is 3. The molecule has 0 aliphatic heterocycles. The Balaban J connectivity index is 1.79. The molecule has 0 heterocycles. The Bertz CT molecular complexity index is 918. The van der Waals surface area contributed by atoms with Gasteiger partial charge in [-0.1, -0.05) is 39.7 Å². The lowest BCUT2D eigenvalue weighted by atomic mass is 9.45. The number of halogens is 3. The first-order valence-corrected chi connectivity index (χ1v) is 14.1. The Morgan fingerprint density at radius 2 is 1.91 bits per heavy atom. The number of unbranched alkanes of at least 4 members (excludes halogenated alkanes) is 1. The Labute approximate surface area is 218 Å². The van der Waals surface area contributed by atoms with Gasteiger partial charge >= 0.3 is 5.97 Å². The van der Waals surface area contributed by atoms with Gasteiger partial charge in [-0.2, -0.15) is 0 Å². The van der Waals surface area contributed by atoms with Crippen LogP contribution in [0, 0.1) is 28.6 Å². The lowest BCUT2D eigenvalue weighted by Gasteiger charge is -2.65. The average Bonchev–Trinajstić information content (AvgIpc) is 3.00. The Hall–Kier alpha value is -0.580. The number of allylic oxidation sites excluding steroid dienone is 1. The summed E-state index contributed by atoms with van der Waals surface area (Å²) in [5, 5.41) is -0.440. The monoisotopic (exact) mass is 530 g/mol. The molecule has 4 aliphatic rings. The summed E-state index contributed by atoms with van der Waals surface area (Å²) in [5.41, 5.74) is -1.21. The molecule has 0 saturated heterocycles. The van der Waals surface area contributed by atoms with Crippen LogP contribution in [0.1, 0.15) is 85.5 Å². The fraction of sp³-hybridized carbons (Fsp3) is 0.815. The van der Waals surface area contributed by atoms with Gasteiger partial charge in [0.05, 0.1) is 16.1 Å². The van der Waals surface area contributed by atoms with E-state index in [4.69, 9.17) is 39.5 Å². The van der Waals surface area contributed by atoms with Crippen molar-refractivity contribution in [3.05, 3.63) is 11.6 Å². The van der Waals surface area contributed by atoms with Crippen LogP contribution in [0.2, 0.25) is 0 Å². The number of carbonyl (C=O) groups is 3. The van der Waals surface area contributed by atoms with Gasteiger partial charge in [-0.05, 0) is 56.4 Å². The first-order valence-electron chi connectivity index (χ1n) is 12.8. The molecule has 190 valence electrons. The summed E-state index contributed by atoms with van der Waals surface area (Å²) in [6.07, 6.45) is 7.66. The van der Waals surface area contributed by atoms with Crippen LogP contribution in [0.5, 0.6) is 0 Å². The number of Topliss-reactive ketones (excluding diaryl/α,β-unsaturated/α-hetero) is 1. The van der Waals surface area contributed by atoms with Crippen molar-refractivity contribution < 1.29 is 19.1 Å². The van der Waals surface area contributed by atoms with Gasteiger partial charge in [-0.15, -0.1) is 34.8 Å². The van der Waals surface area contributed by atoms with E-state index in [0.717, 1.165) is 37.7 Å². The normalized spacial score (nSPS) is 45.6. The molecule has 7 heteroatoms. The Morgan fingerprint density at radius 1 is 1.21 bits per heavy atom. The molecule has 8 atom stereocenters. The van der Waals surface area contributed by atoms with Crippen LogP contribution in [-0.2, 0) is 19.1 Å². The van der Waals surface area contributed by atoms with E-state index in [0.29, 0.717) is 19.3 Å². The maximum Gasteiger partial charge on any atom is 0.306 e. The van der Waals surface area contributed by atoms with Crippen LogP contribution < -0.4 is 0 Å². The molecule has 0 bridgehead atoms. The molecule has 0 aromatic rings. The summed E-state index contributed by atoms with van der Waals surface area (Å²) in [6, 6.07) is 0. The first kappa shape index (κ1) is 26.5. The maximum absolute atomic E-state index is 13.6. The van der Waals surface area contributed by atoms with E-state index in [1.165, 1.54) is 0 Å². The summed E-state index contributed by atoms with van der Waals surface area (Å²) in [6.45, 7) is 8.27. The van der Waals surface area contributed by atoms with Crippen LogP contribution in [0.3, 0.4) is 0 Å². The predicted molar refractivity (Wildman–Crippen MR) is 135 cm³/mol. The van der Waals surface area contributed by atoms with Crippen molar-refractivity contribution in [3.8, 4) is 0 Å². The standard InChI is InChI=1S/C27H37Cl3O4/c1-5-6-7-23(33)34-27(22(32)15-28)16(2)12-20-19-9-8-17-13-18(31)10-11-24(17,3)26(19,30)21(29)14-25(20,27)4/h13,16,19-21H,5-12,14-15H2,1-4H3/t16-,19+,20+,21+,24+,25+,26+,27-/m1/s1. The van der Waals surface area contributed by atoms with Crippen molar-refractivity contribution in [1.29, 1.82) is 0 Å². The highest BCUT2D eigenvalue weighted by atomic mass is 35.5. The predicted octanol–water partition coefficient (Wildman–Crippen LogP) is 6.62. The third kappa shape index (κ3) is 3.40. The minimum atomic E-state index is -1.30. The minimum absolute atomic E-state index is 0.0487. The second-order valence-electron chi connectivity index (χ2n) is 11.6. The summed E-state index contributed by atoms with van der Waals surface area (Å²) < 4.78 is 6.21. The Morgan fingerprint density at radius 3 is 2.56 bits per heavy atom.